The van der Waals surface area contributed by atoms with Crippen molar-refractivity contribution in [2.45, 2.75) is 20.3 Å². The van der Waals surface area contributed by atoms with Crippen LogP contribution < -0.4 is 10.2 Å². The molecule has 0 amide bonds. The molecule has 1 saturated heterocycles. The third-order valence-corrected chi connectivity index (χ3v) is 3.26. The molecule has 0 aromatic heterocycles. The van der Waals surface area contributed by atoms with Crippen molar-refractivity contribution in [3.05, 3.63) is 29.8 Å². The van der Waals surface area contributed by atoms with Crippen LogP contribution in [0.3, 0.4) is 0 Å². The van der Waals surface area contributed by atoms with Crippen LogP contribution in [0.25, 0.3) is 0 Å². The van der Waals surface area contributed by atoms with E-state index in [2.05, 4.69) is 48.3 Å². The van der Waals surface area contributed by atoms with E-state index in [0.717, 1.165) is 25.6 Å². The number of anilines is 1. The highest BCUT2D eigenvalue weighted by atomic mass is 15.1. The molecule has 1 fully saturated rings. The monoisotopic (exact) mass is 218 g/mol. The van der Waals surface area contributed by atoms with E-state index >= 15 is 0 Å². The lowest BCUT2D eigenvalue weighted by Crippen LogP contribution is -2.39. The van der Waals surface area contributed by atoms with Crippen molar-refractivity contribution in [1.82, 2.24) is 5.32 Å². The predicted molar refractivity (Wildman–Crippen MR) is 70.0 cm³/mol. The number of rotatable bonds is 1. The lowest BCUT2D eigenvalue weighted by Gasteiger charge is -2.31. The summed E-state index contributed by atoms with van der Waals surface area (Å²) in [6, 6.07) is 8.71. The smallest absolute Gasteiger partial charge is 0.0396 e. The largest absolute Gasteiger partial charge is 0.371 e. The SMILES string of the molecule is Cc1ccccc1N1CCCNCC(C)C1. The molecule has 2 heteroatoms. The molecular weight excluding hydrogens is 196 g/mol. The summed E-state index contributed by atoms with van der Waals surface area (Å²) in [7, 11) is 0. The van der Waals surface area contributed by atoms with Crippen LogP contribution in [0, 0.1) is 12.8 Å². The maximum atomic E-state index is 3.50. The molecule has 1 N–H and O–H groups in total. The van der Waals surface area contributed by atoms with Gasteiger partial charge in [-0.15, -0.1) is 0 Å². The molecule has 16 heavy (non-hydrogen) atoms. The molecule has 0 radical (unpaired) electrons. The zero-order valence-electron chi connectivity index (χ0n) is 10.4. The van der Waals surface area contributed by atoms with Crippen LogP contribution in [0.5, 0.6) is 0 Å². The average molecular weight is 218 g/mol. The van der Waals surface area contributed by atoms with Crippen molar-refractivity contribution in [3.8, 4) is 0 Å². The van der Waals surface area contributed by atoms with Crippen molar-refractivity contribution in [1.29, 1.82) is 0 Å². The van der Waals surface area contributed by atoms with Gasteiger partial charge in [0.25, 0.3) is 0 Å². The van der Waals surface area contributed by atoms with E-state index in [1.165, 1.54) is 24.2 Å². The van der Waals surface area contributed by atoms with Gasteiger partial charge in [-0.25, -0.2) is 0 Å². The minimum absolute atomic E-state index is 0.722. The van der Waals surface area contributed by atoms with Crippen molar-refractivity contribution in [2.75, 3.05) is 31.1 Å². The van der Waals surface area contributed by atoms with Gasteiger partial charge in [0.2, 0.25) is 0 Å². The molecule has 1 aliphatic heterocycles. The van der Waals surface area contributed by atoms with E-state index in [1.807, 2.05) is 0 Å². The summed E-state index contributed by atoms with van der Waals surface area (Å²) in [4.78, 5) is 2.54. The third-order valence-electron chi connectivity index (χ3n) is 3.26. The highest BCUT2D eigenvalue weighted by molar-refractivity contribution is 5.53. The Morgan fingerprint density at radius 3 is 2.94 bits per heavy atom. The summed E-state index contributed by atoms with van der Waals surface area (Å²) >= 11 is 0. The van der Waals surface area contributed by atoms with Gasteiger partial charge < -0.3 is 10.2 Å². The van der Waals surface area contributed by atoms with Crippen LogP contribution in [-0.4, -0.2) is 26.2 Å². The Bertz CT molecular complexity index is 335. The maximum absolute atomic E-state index is 3.50. The summed E-state index contributed by atoms with van der Waals surface area (Å²) in [5, 5.41) is 3.50. The number of para-hydroxylation sites is 1. The van der Waals surface area contributed by atoms with Crippen molar-refractivity contribution in [3.63, 3.8) is 0 Å². The lowest BCUT2D eigenvalue weighted by atomic mass is 10.1. The second kappa shape index (κ2) is 5.35. The first-order valence-electron chi connectivity index (χ1n) is 6.28. The second-order valence-corrected chi connectivity index (χ2v) is 4.90. The van der Waals surface area contributed by atoms with Crippen molar-refractivity contribution >= 4 is 5.69 Å². The molecule has 1 heterocycles. The molecule has 1 aromatic rings. The lowest BCUT2D eigenvalue weighted by molar-refractivity contribution is 0.467. The Kier molecular flexibility index (Phi) is 3.83. The van der Waals surface area contributed by atoms with E-state index in [0.29, 0.717) is 0 Å². The minimum Gasteiger partial charge on any atom is -0.371 e. The third kappa shape index (κ3) is 2.76. The number of nitrogens with one attached hydrogen (secondary N) is 1. The van der Waals surface area contributed by atoms with E-state index in [9.17, 15) is 0 Å². The topological polar surface area (TPSA) is 15.3 Å². The summed E-state index contributed by atoms with van der Waals surface area (Å²) in [5.74, 6) is 0.722. The van der Waals surface area contributed by atoms with Gasteiger partial charge in [0.1, 0.15) is 0 Å². The summed E-state index contributed by atoms with van der Waals surface area (Å²) in [5.41, 5.74) is 2.81. The Morgan fingerprint density at radius 2 is 2.12 bits per heavy atom. The first-order valence-corrected chi connectivity index (χ1v) is 6.28. The fraction of sp³-hybridized carbons (Fsp3) is 0.571. The predicted octanol–water partition coefficient (Wildman–Crippen LogP) is 2.43. The van der Waals surface area contributed by atoms with Gasteiger partial charge in [-0.3, -0.25) is 0 Å². The van der Waals surface area contributed by atoms with Crippen LogP contribution in [0.4, 0.5) is 5.69 Å². The standard InChI is InChI=1S/C14H22N2/c1-12-10-15-8-5-9-16(11-12)14-7-4-3-6-13(14)2/h3-4,6-7,12,15H,5,8-11H2,1-2H3. The second-order valence-electron chi connectivity index (χ2n) is 4.90. The first-order chi connectivity index (χ1) is 7.77. The van der Waals surface area contributed by atoms with Crippen molar-refractivity contribution in [2.24, 2.45) is 5.92 Å². The number of hydrogen-bond acceptors (Lipinski definition) is 2. The van der Waals surface area contributed by atoms with Gasteiger partial charge >= 0.3 is 0 Å². The summed E-state index contributed by atoms with van der Waals surface area (Å²) in [6.07, 6.45) is 1.24. The van der Waals surface area contributed by atoms with Crippen LogP contribution in [0.1, 0.15) is 18.9 Å². The van der Waals surface area contributed by atoms with Gasteiger partial charge in [0.05, 0.1) is 0 Å². The Balaban J connectivity index is 2.14. The van der Waals surface area contributed by atoms with E-state index in [4.69, 9.17) is 0 Å². The van der Waals surface area contributed by atoms with Gasteiger partial charge in [-0.2, -0.15) is 0 Å². The summed E-state index contributed by atoms with van der Waals surface area (Å²) in [6.45, 7) is 9.15. The van der Waals surface area contributed by atoms with E-state index in [-0.39, 0.29) is 0 Å². The Labute approximate surface area is 98.7 Å². The maximum Gasteiger partial charge on any atom is 0.0396 e. The first kappa shape index (κ1) is 11.5. The number of nitrogens with zero attached hydrogens (tertiary/aromatic N) is 1. The molecule has 1 aliphatic rings. The highest BCUT2D eigenvalue weighted by Crippen LogP contribution is 2.21. The normalized spacial score (nSPS) is 22.6. The van der Waals surface area contributed by atoms with Gasteiger partial charge in [0, 0.05) is 18.8 Å². The van der Waals surface area contributed by atoms with Crippen LogP contribution >= 0.6 is 0 Å². The molecule has 0 saturated carbocycles. The molecular formula is C14H22N2. The van der Waals surface area contributed by atoms with Crippen LogP contribution in [0.15, 0.2) is 24.3 Å². The van der Waals surface area contributed by atoms with Gasteiger partial charge in [-0.1, -0.05) is 25.1 Å². The molecule has 0 aliphatic carbocycles. The zero-order valence-corrected chi connectivity index (χ0v) is 10.4. The van der Waals surface area contributed by atoms with Gasteiger partial charge in [-0.05, 0) is 44.0 Å². The number of benzene rings is 1. The molecule has 1 unspecified atom stereocenters. The van der Waals surface area contributed by atoms with Crippen LogP contribution in [0.2, 0.25) is 0 Å². The Morgan fingerprint density at radius 1 is 1.31 bits per heavy atom. The molecule has 2 nitrogen and oxygen atoms in total. The summed E-state index contributed by atoms with van der Waals surface area (Å²) < 4.78 is 0. The molecule has 0 bridgehead atoms. The Hall–Kier alpha value is -1.02. The molecule has 0 spiro atoms. The number of aryl methyl sites for hydroxylation is 1. The van der Waals surface area contributed by atoms with Gasteiger partial charge in [0.15, 0.2) is 0 Å². The minimum atomic E-state index is 0.722. The quantitative estimate of drug-likeness (QED) is 0.779. The fourth-order valence-corrected chi connectivity index (χ4v) is 2.41. The highest BCUT2D eigenvalue weighted by Gasteiger charge is 2.14. The van der Waals surface area contributed by atoms with E-state index < -0.39 is 0 Å². The number of hydrogen-bond donors (Lipinski definition) is 1. The van der Waals surface area contributed by atoms with Crippen molar-refractivity contribution < 1.29 is 0 Å². The zero-order chi connectivity index (χ0) is 11.4. The molecule has 1 aromatic carbocycles. The molecule has 2 rings (SSSR count). The van der Waals surface area contributed by atoms with Crippen LogP contribution in [-0.2, 0) is 0 Å². The molecule has 88 valence electrons. The average Bonchev–Trinajstić information content (AvgIpc) is 2.24. The van der Waals surface area contributed by atoms with E-state index in [1.54, 1.807) is 0 Å². The fourth-order valence-electron chi connectivity index (χ4n) is 2.41. The molecule has 1 atom stereocenters.